The number of aromatic hydroxyl groups is 1. The van der Waals surface area contributed by atoms with E-state index in [1.54, 1.807) is 28.9 Å². The number of ether oxygens (including phenoxy) is 2. The summed E-state index contributed by atoms with van der Waals surface area (Å²) in [5.41, 5.74) is 3.15. The van der Waals surface area contributed by atoms with E-state index in [1.807, 2.05) is 18.2 Å². The van der Waals surface area contributed by atoms with E-state index in [2.05, 4.69) is 19.2 Å². The lowest BCUT2D eigenvalue weighted by Crippen LogP contribution is -2.36. The van der Waals surface area contributed by atoms with E-state index in [0.717, 1.165) is 28.8 Å². The Morgan fingerprint density at radius 3 is 2.69 bits per heavy atom. The lowest BCUT2D eigenvalue weighted by molar-refractivity contribution is -0.118. The zero-order valence-electron chi connectivity index (χ0n) is 17.8. The van der Waals surface area contributed by atoms with Crippen LogP contribution in [0.25, 0.3) is 11.4 Å². The molecule has 2 N–H and O–H groups in total. The van der Waals surface area contributed by atoms with Crippen molar-refractivity contribution in [3.05, 3.63) is 59.3 Å². The number of hydrogen-bond acceptors (Lipinski definition) is 7. The van der Waals surface area contributed by atoms with Gasteiger partial charge in [-0.2, -0.15) is 4.98 Å². The first-order valence-corrected chi connectivity index (χ1v) is 10.6. The molecule has 0 saturated heterocycles. The average molecular weight is 430 g/mol. The van der Waals surface area contributed by atoms with Crippen LogP contribution in [0.5, 0.6) is 17.2 Å². The van der Waals surface area contributed by atoms with Gasteiger partial charge < -0.3 is 19.9 Å². The maximum Gasteiger partial charge on any atom is 0.231 e. The summed E-state index contributed by atoms with van der Waals surface area (Å²) in [5.74, 6) is 2.74. The van der Waals surface area contributed by atoms with Gasteiger partial charge in [0, 0.05) is 23.3 Å². The van der Waals surface area contributed by atoms with Gasteiger partial charge in [-0.05, 0) is 53.8 Å². The Hall–Kier alpha value is -3.81. The number of benzene rings is 2. The molecule has 8 nitrogen and oxygen atoms in total. The second-order valence-corrected chi connectivity index (χ2v) is 9.22. The van der Waals surface area contributed by atoms with Gasteiger partial charge in [0.1, 0.15) is 11.8 Å². The predicted octanol–water partition coefficient (Wildman–Crippen LogP) is 4.04. The second-order valence-electron chi connectivity index (χ2n) is 9.22. The Balaban J connectivity index is 1.52. The van der Waals surface area contributed by atoms with Gasteiger partial charge in [0.15, 0.2) is 23.1 Å². The first kappa shape index (κ1) is 18.9. The van der Waals surface area contributed by atoms with E-state index in [9.17, 15) is 9.90 Å². The van der Waals surface area contributed by atoms with Crippen LogP contribution in [0.1, 0.15) is 38.3 Å². The van der Waals surface area contributed by atoms with Crippen LogP contribution in [0.4, 0.5) is 5.95 Å². The minimum atomic E-state index is -0.419. The molecule has 0 fully saturated rings. The van der Waals surface area contributed by atoms with E-state index in [0.29, 0.717) is 29.7 Å². The molecule has 6 rings (SSSR count). The molecule has 1 aromatic heterocycles. The molecule has 8 heteroatoms. The number of anilines is 1. The van der Waals surface area contributed by atoms with Gasteiger partial charge in [-0.1, -0.05) is 19.9 Å². The van der Waals surface area contributed by atoms with Crippen molar-refractivity contribution < 1.29 is 19.4 Å². The molecule has 0 radical (unpaired) electrons. The fourth-order valence-electron chi connectivity index (χ4n) is 4.73. The minimum Gasteiger partial charge on any atom is -0.508 e. The smallest absolute Gasteiger partial charge is 0.231 e. The topological polar surface area (TPSA) is 98.5 Å². The number of hydrogen-bond donors (Lipinski definition) is 2. The Labute approximate surface area is 184 Å². The highest BCUT2D eigenvalue weighted by atomic mass is 16.7. The highest BCUT2D eigenvalue weighted by Gasteiger charge is 2.42. The average Bonchev–Trinajstić information content (AvgIpc) is 3.38. The fraction of sp³-hybridized carbons (Fsp3) is 0.292. The zero-order chi connectivity index (χ0) is 22.0. The first-order valence-electron chi connectivity index (χ1n) is 10.6. The van der Waals surface area contributed by atoms with Gasteiger partial charge in [-0.3, -0.25) is 4.79 Å². The van der Waals surface area contributed by atoms with E-state index in [4.69, 9.17) is 19.6 Å². The molecule has 3 aromatic rings. The summed E-state index contributed by atoms with van der Waals surface area (Å²) in [6, 6.07) is 12.1. The van der Waals surface area contributed by atoms with Gasteiger partial charge in [0.2, 0.25) is 12.7 Å². The highest BCUT2D eigenvalue weighted by molar-refractivity contribution is 6.00. The van der Waals surface area contributed by atoms with E-state index in [-0.39, 0.29) is 23.7 Å². The van der Waals surface area contributed by atoms with Gasteiger partial charge in [-0.15, -0.1) is 5.10 Å². The SMILES string of the molecule is CC1(C)CC(=O)C2=C(C1)Nc1nc(-c3ccc(O)cc3)nn1C2c1ccc2c(c1)OCO2. The van der Waals surface area contributed by atoms with Gasteiger partial charge >= 0.3 is 0 Å². The van der Waals surface area contributed by atoms with Crippen LogP contribution in [0.15, 0.2) is 53.7 Å². The summed E-state index contributed by atoms with van der Waals surface area (Å²) >= 11 is 0. The number of fused-ring (bicyclic) bond motifs is 2. The molecule has 3 aliphatic rings. The van der Waals surface area contributed by atoms with Gasteiger partial charge in [0.05, 0.1) is 0 Å². The summed E-state index contributed by atoms with van der Waals surface area (Å²) in [6.45, 7) is 4.39. The maximum absolute atomic E-state index is 13.3. The monoisotopic (exact) mass is 430 g/mol. The number of ketones is 1. The standard InChI is InChI=1S/C24H22N4O4/c1-24(2)10-16-20(17(30)11-24)21(14-5-8-18-19(9-14)32-12-31-18)28-23(25-16)26-22(27-28)13-3-6-15(29)7-4-13/h3-9,21,29H,10-12H2,1-2H3,(H,25,26,27). The molecule has 0 bridgehead atoms. The van der Waals surface area contributed by atoms with E-state index in [1.165, 1.54) is 0 Å². The van der Waals surface area contributed by atoms with Crippen LogP contribution in [-0.2, 0) is 4.79 Å². The normalized spacial score (nSPS) is 20.6. The molecule has 1 unspecified atom stereocenters. The molecule has 1 atom stereocenters. The lowest BCUT2D eigenvalue weighted by Gasteiger charge is -2.38. The summed E-state index contributed by atoms with van der Waals surface area (Å²) in [5, 5.41) is 17.8. The molecule has 1 aliphatic carbocycles. The summed E-state index contributed by atoms with van der Waals surface area (Å²) < 4.78 is 12.8. The largest absolute Gasteiger partial charge is 0.508 e. The molecule has 0 amide bonds. The number of carbonyl (C=O) groups is 1. The van der Waals surface area contributed by atoms with Crippen molar-refractivity contribution in [1.82, 2.24) is 14.8 Å². The molecule has 2 aliphatic heterocycles. The van der Waals surface area contributed by atoms with Crippen molar-refractivity contribution >= 4 is 11.7 Å². The zero-order valence-corrected chi connectivity index (χ0v) is 17.8. The van der Waals surface area contributed by atoms with Crippen LogP contribution >= 0.6 is 0 Å². The molecule has 3 heterocycles. The Morgan fingerprint density at radius 2 is 1.88 bits per heavy atom. The fourth-order valence-corrected chi connectivity index (χ4v) is 4.73. The van der Waals surface area contributed by atoms with Crippen molar-refractivity contribution in [2.45, 2.75) is 32.7 Å². The third-order valence-corrected chi connectivity index (χ3v) is 6.17. The molecule has 162 valence electrons. The van der Waals surface area contributed by atoms with Crippen LogP contribution < -0.4 is 14.8 Å². The first-order chi connectivity index (χ1) is 15.4. The van der Waals surface area contributed by atoms with E-state index >= 15 is 0 Å². The Kier molecular flexibility index (Phi) is 3.90. The maximum atomic E-state index is 13.3. The molecular weight excluding hydrogens is 408 g/mol. The molecule has 32 heavy (non-hydrogen) atoms. The van der Waals surface area contributed by atoms with Crippen LogP contribution in [-0.4, -0.2) is 32.4 Å². The number of allylic oxidation sites excluding steroid dienone is 2. The molecule has 0 saturated carbocycles. The number of nitrogens with one attached hydrogen (secondary N) is 1. The number of Topliss-reactive ketones (excluding diaryl/α,β-unsaturated/α-hetero) is 1. The number of carbonyl (C=O) groups excluding carboxylic acids is 1. The number of rotatable bonds is 2. The Morgan fingerprint density at radius 1 is 1.09 bits per heavy atom. The predicted molar refractivity (Wildman–Crippen MR) is 116 cm³/mol. The van der Waals surface area contributed by atoms with E-state index < -0.39 is 6.04 Å². The molecule has 0 spiro atoms. The number of phenolic OH excluding ortho intramolecular Hbond substituents is 1. The summed E-state index contributed by atoms with van der Waals surface area (Å²) in [4.78, 5) is 18.1. The number of aromatic nitrogens is 3. The van der Waals surface area contributed by atoms with Crippen molar-refractivity contribution in [3.8, 4) is 28.6 Å². The molecular formula is C24H22N4O4. The summed E-state index contributed by atoms with van der Waals surface area (Å²) in [6.07, 6.45) is 1.22. The third kappa shape index (κ3) is 2.94. The lowest BCUT2D eigenvalue weighted by atomic mass is 9.73. The quantitative estimate of drug-likeness (QED) is 0.633. The minimum absolute atomic E-state index is 0.110. The third-order valence-electron chi connectivity index (χ3n) is 6.17. The second kappa shape index (κ2) is 6.59. The van der Waals surface area contributed by atoms with Gasteiger partial charge in [-0.25, -0.2) is 4.68 Å². The van der Waals surface area contributed by atoms with Crippen LogP contribution in [0.3, 0.4) is 0 Å². The summed E-state index contributed by atoms with van der Waals surface area (Å²) in [7, 11) is 0. The van der Waals surface area contributed by atoms with Crippen LogP contribution in [0, 0.1) is 5.41 Å². The van der Waals surface area contributed by atoms with Crippen molar-refractivity contribution in [1.29, 1.82) is 0 Å². The van der Waals surface area contributed by atoms with Crippen molar-refractivity contribution in [2.24, 2.45) is 5.41 Å². The Bertz CT molecular complexity index is 1290. The number of phenols is 1. The van der Waals surface area contributed by atoms with Gasteiger partial charge in [0.25, 0.3) is 0 Å². The van der Waals surface area contributed by atoms with Crippen LogP contribution in [0.2, 0.25) is 0 Å². The molecule has 2 aromatic carbocycles. The van der Waals surface area contributed by atoms with Crippen molar-refractivity contribution in [3.63, 3.8) is 0 Å². The number of nitrogens with zero attached hydrogens (tertiary/aromatic N) is 3. The van der Waals surface area contributed by atoms with Crippen molar-refractivity contribution in [2.75, 3.05) is 12.1 Å². The highest BCUT2D eigenvalue weighted by Crippen LogP contribution is 2.47.